The Morgan fingerprint density at radius 3 is 2.48 bits per heavy atom. The van der Waals surface area contributed by atoms with Crippen LogP contribution in [0.2, 0.25) is 0 Å². The summed E-state index contributed by atoms with van der Waals surface area (Å²) in [6.45, 7) is 6.13. The van der Waals surface area contributed by atoms with E-state index in [0.29, 0.717) is 16.7 Å². The largest absolute Gasteiger partial charge is 0.573 e. The monoisotopic (exact) mass is 676 g/mol. The van der Waals surface area contributed by atoms with Crippen molar-refractivity contribution in [3.63, 3.8) is 0 Å². The van der Waals surface area contributed by atoms with E-state index in [1.54, 1.807) is 4.90 Å². The normalized spacial score (nSPS) is 19.3. The maximum Gasteiger partial charge on any atom is 0.573 e. The molecule has 0 bridgehead atoms. The average Bonchev–Trinajstić information content (AvgIpc) is 3.68. The quantitative estimate of drug-likeness (QED) is 0.212. The van der Waals surface area contributed by atoms with Crippen LogP contribution in [-0.4, -0.2) is 50.0 Å². The molecule has 3 amide bonds. The lowest BCUT2D eigenvalue weighted by Crippen LogP contribution is -2.40. The molecule has 0 spiro atoms. The van der Waals surface area contributed by atoms with Gasteiger partial charge in [-0.25, -0.2) is 14.5 Å². The van der Waals surface area contributed by atoms with E-state index >= 15 is 0 Å². The minimum atomic E-state index is -4.76. The predicted molar refractivity (Wildman–Crippen MR) is 180 cm³/mol. The average molecular weight is 677 g/mol. The van der Waals surface area contributed by atoms with E-state index in [1.165, 1.54) is 47.0 Å². The number of aryl methyl sites for hydroxylation is 1. The number of alkyl halides is 3. The Labute approximate surface area is 280 Å². The highest BCUT2D eigenvalue weighted by molar-refractivity contribution is 8.15. The molecular formula is C35H35F3N6O3S. The molecule has 1 aromatic heterocycles. The molecule has 1 saturated heterocycles. The van der Waals surface area contributed by atoms with Gasteiger partial charge in [0.2, 0.25) is 5.91 Å². The van der Waals surface area contributed by atoms with Crippen molar-refractivity contribution in [1.29, 1.82) is 0 Å². The van der Waals surface area contributed by atoms with Crippen molar-refractivity contribution in [2.45, 2.75) is 70.7 Å². The molecule has 6 rings (SSSR count). The van der Waals surface area contributed by atoms with Gasteiger partial charge in [0.25, 0.3) is 0 Å². The van der Waals surface area contributed by atoms with Crippen LogP contribution in [0, 0.1) is 6.92 Å². The highest BCUT2D eigenvalue weighted by Gasteiger charge is 2.34. The second-order valence-electron chi connectivity index (χ2n) is 12.3. The summed E-state index contributed by atoms with van der Waals surface area (Å²) < 4.78 is 42.9. The van der Waals surface area contributed by atoms with Crippen molar-refractivity contribution in [2.75, 3.05) is 10.7 Å². The molecule has 1 aliphatic carbocycles. The molecule has 13 heteroatoms. The van der Waals surface area contributed by atoms with Crippen molar-refractivity contribution in [3.8, 4) is 22.8 Å². The first kappa shape index (κ1) is 33.3. The second kappa shape index (κ2) is 13.8. The molecule has 2 atom stereocenters. The van der Waals surface area contributed by atoms with E-state index in [2.05, 4.69) is 39.0 Å². The number of nitrogens with one attached hydrogen (secondary N) is 1. The van der Waals surface area contributed by atoms with Gasteiger partial charge in [-0.05, 0) is 72.7 Å². The van der Waals surface area contributed by atoms with Crippen LogP contribution in [0.3, 0.4) is 0 Å². The number of aromatic nitrogens is 3. The van der Waals surface area contributed by atoms with Crippen LogP contribution < -0.4 is 15.0 Å². The number of halogens is 3. The van der Waals surface area contributed by atoms with Gasteiger partial charge in [-0.2, -0.15) is 4.99 Å². The summed E-state index contributed by atoms with van der Waals surface area (Å²) in [5.74, 6) is 0.553. The number of urea groups is 1. The lowest BCUT2D eigenvalue weighted by atomic mass is 9.80. The molecule has 48 heavy (non-hydrogen) atoms. The van der Waals surface area contributed by atoms with E-state index in [4.69, 9.17) is 0 Å². The Kier molecular flexibility index (Phi) is 9.58. The molecule has 2 aliphatic rings. The van der Waals surface area contributed by atoms with Gasteiger partial charge < -0.3 is 10.1 Å². The number of hydrogen-bond donors (Lipinski definition) is 1. The Bertz CT molecular complexity index is 1820. The van der Waals surface area contributed by atoms with E-state index < -0.39 is 12.4 Å². The molecule has 2 unspecified atom stereocenters. The Morgan fingerprint density at radius 2 is 1.77 bits per heavy atom. The molecule has 4 aromatic rings. The molecule has 1 aliphatic heterocycles. The molecular weight excluding hydrogens is 641 g/mol. The van der Waals surface area contributed by atoms with Crippen molar-refractivity contribution in [2.24, 2.45) is 4.99 Å². The summed E-state index contributed by atoms with van der Waals surface area (Å²) in [4.78, 5) is 36.7. The van der Waals surface area contributed by atoms with Crippen molar-refractivity contribution in [1.82, 2.24) is 20.1 Å². The van der Waals surface area contributed by atoms with Gasteiger partial charge in [-0.15, -0.1) is 18.3 Å². The predicted octanol–water partition coefficient (Wildman–Crippen LogP) is 8.14. The Balaban J connectivity index is 1.15. The number of carbonyl (C=O) groups is 2. The fourth-order valence-electron chi connectivity index (χ4n) is 6.20. The first-order chi connectivity index (χ1) is 22.9. The van der Waals surface area contributed by atoms with Gasteiger partial charge in [0, 0.05) is 17.5 Å². The second-order valence-corrected chi connectivity index (χ2v) is 13.2. The van der Waals surface area contributed by atoms with Gasteiger partial charge in [0.1, 0.15) is 12.1 Å². The van der Waals surface area contributed by atoms with Gasteiger partial charge in [0.15, 0.2) is 11.0 Å². The molecule has 9 nitrogen and oxygen atoms in total. The summed E-state index contributed by atoms with van der Waals surface area (Å²) in [5, 5.41) is 8.02. The molecule has 1 N–H and O–H groups in total. The third-order valence-corrected chi connectivity index (χ3v) is 9.43. The number of thioether (sulfide) groups is 1. The number of hydrogen-bond acceptors (Lipinski definition) is 6. The molecule has 3 aromatic carbocycles. The first-order valence-electron chi connectivity index (χ1n) is 15.8. The molecule has 250 valence electrons. The highest BCUT2D eigenvalue weighted by Crippen LogP contribution is 2.36. The number of amides is 3. The van der Waals surface area contributed by atoms with Crippen molar-refractivity contribution >= 4 is 34.6 Å². The minimum absolute atomic E-state index is 0.0816. The fraction of sp³-hybridized carbons (Fsp3) is 0.343. The van der Waals surface area contributed by atoms with E-state index in [9.17, 15) is 22.8 Å². The molecule has 2 heterocycles. The molecule has 1 saturated carbocycles. The zero-order valence-electron chi connectivity index (χ0n) is 26.7. The van der Waals surface area contributed by atoms with E-state index in [1.807, 2.05) is 49.4 Å². The van der Waals surface area contributed by atoms with Crippen LogP contribution in [0.4, 0.5) is 23.7 Å². The number of carbonyl (C=O) groups excluding carboxylic acids is 2. The minimum Gasteiger partial charge on any atom is -0.406 e. The zero-order chi connectivity index (χ0) is 34.0. The fourth-order valence-corrected chi connectivity index (χ4v) is 7.06. The third-order valence-electron chi connectivity index (χ3n) is 8.51. The lowest BCUT2D eigenvalue weighted by Gasteiger charge is -2.32. The van der Waals surface area contributed by atoms with Crippen LogP contribution in [0.1, 0.15) is 68.1 Å². The number of anilines is 1. The Hall–Kier alpha value is -4.65. The summed E-state index contributed by atoms with van der Waals surface area (Å²) in [5.41, 5.74) is 5.20. The maximum absolute atomic E-state index is 13.3. The highest BCUT2D eigenvalue weighted by atomic mass is 32.2. The lowest BCUT2D eigenvalue weighted by molar-refractivity contribution is -0.274. The maximum atomic E-state index is 13.3. The SMILES string of the molecule is Cc1ccc(C(C)C)c(N2C(=O)CSC2=NC(=O)NC2CCCCC2c2ccc(-c3ncn(-c4ccc(OC(F)(F)F)cc4)n3)cc2)c1. The number of rotatable bonds is 7. The molecule has 2 fully saturated rings. The van der Waals surface area contributed by atoms with Crippen LogP contribution in [0.5, 0.6) is 5.75 Å². The Morgan fingerprint density at radius 1 is 1.04 bits per heavy atom. The first-order valence-corrected chi connectivity index (χ1v) is 16.8. The number of amidine groups is 1. The summed E-state index contributed by atoms with van der Waals surface area (Å²) in [7, 11) is 0. The van der Waals surface area contributed by atoms with Gasteiger partial charge in [0.05, 0.1) is 17.1 Å². The number of ether oxygens (including phenoxy) is 1. The smallest absolute Gasteiger partial charge is 0.406 e. The van der Waals surface area contributed by atoms with E-state index in [-0.39, 0.29) is 35.3 Å². The number of benzene rings is 3. The van der Waals surface area contributed by atoms with Crippen LogP contribution in [0.25, 0.3) is 17.1 Å². The topological polar surface area (TPSA) is 102 Å². The van der Waals surface area contributed by atoms with Gasteiger partial charge >= 0.3 is 12.4 Å². The summed E-state index contributed by atoms with van der Waals surface area (Å²) in [6.07, 6.45) is 0.479. The van der Waals surface area contributed by atoms with Gasteiger partial charge in [-0.3, -0.25) is 9.69 Å². The molecule has 0 radical (unpaired) electrons. The summed E-state index contributed by atoms with van der Waals surface area (Å²) in [6, 6.07) is 18.7. The standard InChI is InChI=1S/C35H35F3N6O3S/c1-21(2)27-17-8-22(3)18-30(27)44-31(45)19-48-34(44)41-33(46)40-29-7-5-4-6-28(29)23-9-11-24(12-10-23)32-39-20-43(42-32)25-13-15-26(16-14-25)47-35(36,37)38/h8-18,20-21,28-29H,4-7,19H2,1-3H3,(H,40,46). The van der Waals surface area contributed by atoms with Crippen molar-refractivity contribution in [3.05, 3.63) is 89.7 Å². The van der Waals surface area contributed by atoms with Crippen molar-refractivity contribution < 1.29 is 27.5 Å². The van der Waals surface area contributed by atoms with Gasteiger partial charge in [-0.1, -0.05) is 74.8 Å². The summed E-state index contributed by atoms with van der Waals surface area (Å²) >= 11 is 1.27. The van der Waals surface area contributed by atoms with Crippen LogP contribution in [-0.2, 0) is 4.79 Å². The number of aliphatic imine (C=N–C) groups is 1. The third kappa shape index (κ3) is 7.56. The number of nitrogens with zero attached hydrogens (tertiary/aromatic N) is 5. The van der Waals surface area contributed by atoms with E-state index in [0.717, 1.165) is 53.6 Å². The van der Waals surface area contributed by atoms with Crippen LogP contribution in [0.15, 0.2) is 78.0 Å². The van der Waals surface area contributed by atoms with Crippen LogP contribution >= 0.6 is 11.8 Å². The zero-order valence-corrected chi connectivity index (χ0v) is 27.5.